The molecule has 0 saturated heterocycles. The zero-order valence-electron chi connectivity index (χ0n) is 11.2. The third-order valence-corrected chi connectivity index (χ3v) is 3.02. The van der Waals surface area contributed by atoms with Gasteiger partial charge in [-0.25, -0.2) is 0 Å². The Morgan fingerprint density at radius 2 is 1.90 bits per heavy atom. The van der Waals surface area contributed by atoms with E-state index in [2.05, 4.69) is 6.07 Å². The van der Waals surface area contributed by atoms with Gasteiger partial charge in [0.25, 0.3) is 0 Å². The van der Waals surface area contributed by atoms with Crippen molar-refractivity contribution in [1.82, 2.24) is 0 Å². The van der Waals surface area contributed by atoms with Gasteiger partial charge in [0.2, 0.25) is 0 Å². The average Bonchev–Trinajstić information content (AvgIpc) is 2.52. The molecule has 2 aromatic carbocycles. The van der Waals surface area contributed by atoms with Gasteiger partial charge >= 0.3 is 0 Å². The molecule has 0 amide bonds. The van der Waals surface area contributed by atoms with Gasteiger partial charge in [0, 0.05) is 6.42 Å². The number of hydrogen-bond donors (Lipinski definition) is 1. The van der Waals surface area contributed by atoms with Gasteiger partial charge in [-0.3, -0.25) is 0 Å². The number of hydrogen-bond acceptors (Lipinski definition) is 3. The van der Waals surface area contributed by atoms with E-state index < -0.39 is 6.10 Å². The van der Waals surface area contributed by atoms with E-state index in [4.69, 9.17) is 10.00 Å². The van der Waals surface area contributed by atoms with Gasteiger partial charge < -0.3 is 9.84 Å². The molecule has 0 heterocycles. The first kappa shape index (κ1) is 14.1. The smallest absolute Gasteiger partial charge is 0.119 e. The van der Waals surface area contributed by atoms with Crippen LogP contribution in [0.1, 0.15) is 23.7 Å². The van der Waals surface area contributed by atoms with E-state index in [9.17, 15) is 5.11 Å². The van der Waals surface area contributed by atoms with Crippen LogP contribution in [-0.4, -0.2) is 11.7 Å². The highest BCUT2D eigenvalue weighted by atomic mass is 16.5. The number of nitrogens with zero attached hydrogens (tertiary/aromatic N) is 1. The Morgan fingerprint density at radius 1 is 1.10 bits per heavy atom. The van der Waals surface area contributed by atoms with E-state index in [1.807, 2.05) is 54.6 Å². The van der Waals surface area contributed by atoms with Crippen LogP contribution in [0.3, 0.4) is 0 Å². The van der Waals surface area contributed by atoms with E-state index >= 15 is 0 Å². The highest BCUT2D eigenvalue weighted by Crippen LogP contribution is 2.18. The molecule has 0 aliphatic carbocycles. The second-order valence-corrected chi connectivity index (χ2v) is 4.54. The molecule has 0 saturated carbocycles. The highest BCUT2D eigenvalue weighted by molar-refractivity contribution is 5.29. The normalized spacial score (nSPS) is 11.6. The predicted octanol–water partition coefficient (Wildman–Crippen LogP) is 3.26. The maximum absolute atomic E-state index is 10.0. The fraction of sp³-hybridized carbons (Fsp3) is 0.235. The number of aryl methyl sites for hydroxylation is 1. The van der Waals surface area contributed by atoms with Crippen LogP contribution < -0.4 is 4.74 Å². The maximum atomic E-state index is 10.0. The van der Waals surface area contributed by atoms with E-state index in [1.54, 1.807) is 0 Å². The van der Waals surface area contributed by atoms with E-state index in [1.165, 1.54) is 0 Å². The van der Waals surface area contributed by atoms with Crippen molar-refractivity contribution in [3.63, 3.8) is 0 Å². The molecule has 1 N–H and O–H groups in total. The van der Waals surface area contributed by atoms with Gasteiger partial charge in [0.05, 0.1) is 6.07 Å². The summed E-state index contributed by atoms with van der Waals surface area (Å²) >= 11 is 0. The van der Waals surface area contributed by atoms with Crippen molar-refractivity contribution in [3.05, 3.63) is 65.7 Å². The lowest BCUT2D eigenvalue weighted by atomic mass is 10.1. The second-order valence-electron chi connectivity index (χ2n) is 4.54. The zero-order chi connectivity index (χ0) is 14.2. The number of rotatable bonds is 6. The molecule has 3 heteroatoms. The van der Waals surface area contributed by atoms with Crippen LogP contribution in [0.15, 0.2) is 54.6 Å². The molecular formula is C17H17NO2. The summed E-state index contributed by atoms with van der Waals surface area (Å²) in [4.78, 5) is 0. The number of ether oxygens (including phenoxy) is 1. The van der Waals surface area contributed by atoms with Gasteiger partial charge in [-0.1, -0.05) is 42.5 Å². The molecule has 0 spiro atoms. The van der Waals surface area contributed by atoms with Crippen LogP contribution in [-0.2, 0) is 6.42 Å². The molecule has 2 aromatic rings. The largest absolute Gasteiger partial charge is 0.491 e. The molecule has 0 fully saturated rings. The lowest BCUT2D eigenvalue weighted by Crippen LogP contribution is -2.09. The third kappa shape index (κ3) is 4.11. The van der Waals surface area contributed by atoms with Gasteiger partial charge in [0.1, 0.15) is 18.5 Å². The van der Waals surface area contributed by atoms with Crippen LogP contribution in [0.5, 0.6) is 5.75 Å². The molecule has 0 bridgehead atoms. The van der Waals surface area contributed by atoms with Crippen molar-refractivity contribution >= 4 is 0 Å². The number of aliphatic hydroxyl groups is 1. The Hall–Kier alpha value is -2.31. The average molecular weight is 267 g/mol. The van der Waals surface area contributed by atoms with Gasteiger partial charge in [-0.05, 0) is 29.7 Å². The topological polar surface area (TPSA) is 53.2 Å². The molecular weight excluding hydrogens is 250 g/mol. The van der Waals surface area contributed by atoms with E-state index in [0.29, 0.717) is 6.42 Å². The molecule has 3 nitrogen and oxygen atoms in total. The molecule has 1 atom stereocenters. The summed E-state index contributed by atoms with van der Waals surface area (Å²) in [6, 6.07) is 19.2. The summed E-state index contributed by atoms with van der Waals surface area (Å²) in [5.41, 5.74) is 1.91. The number of nitriles is 1. The van der Waals surface area contributed by atoms with Crippen molar-refractivity contribution in [2.75, 3.05) is 6.61 Å². The standard InChI is InChI=1S/C17H17NO2/c18-11-5-7-14-6-4-10-16(12-14)20-13-17(19)15-8-2-1-3-9-15/h1-4,6,8-10,12,17,19H,5,7,13H2. The summed E-state index contributed by atoms with van der Waals surface area (Å²) in [5.74, 6) is 0.718. The first-order valence-electron chi connectivity index (χ1n) is 6.61. The van der Waals surface area contributed by atoms with Gasteiger partial charge in [-0.2, -0.15) is 5.26 Å². The minimum absolute atomic E-state index is 0.214. The molecule has 20 heavy (non-hydrogen) atoms. The highest BCUT2D eigenvalue weighted by Gasteiger charge is 2.07. The Bertz CT molecular complexity index is 575. The van der Waals surface area contributed by atoms with Crippen molar-refractivity contribution in [1.29, 1.82) is 5.26 Å². The lowest BCUT2D eigenvalue weighted by molar-refractivity contribution is 0.108. The van der Waals surface area contributed by atoms with Crippen molar-refractivity contribution in [3.8, 4) is 11.8 Å². The van der Waals surface area contributed by atoms with Gasteiger partial charge in [-0.15, -0.1) is 0 Å². The molecule has 0 aliphatic heterocycles. The fourth-order valence-corrected chi connectivity index (χ4v) is 1.94. The fourth-order valence-electron chi connectivity index (χ4n) is 1.94. The Balaban J connectivity index is 1.92. The van der Waals surface area contributed by atoms with Crippen LogP contribution in [0, 0.1) is 11.3 Å². The minimum atomic E-state index is -0.640. The number of aliphatic hydroxyl groups excluding tert-OH is 1. The predicted molar refractivity (Wildman–Crippen MR) is 77.3 cm³/mol. The Kier molecular flexibility index (Phi) is 5.16. The molecule has 0 aromatic heterocycles. The van der Waals surface area contributed by atoms with Crippen LogP contribution in [0.4, 0.5) is 0 Å². The maximum Gasteiger partial charge on any atom is 0.119 e. The first-order chi connectivity index (χ1) is 9.79. The van der Waals surface area contributed by atoms with Crippen molar-refractivity contribution in [2.24, 2.45) is 0 Å². The van der Waals surface area contributed by atoms with Crippen molar-refractivity contribution < 1.29 is 9.84 Å². The minimum Gasteiger partial charge on any atom is -0.491 e. The van der Waals surface area contributed by atoms with E-state index in [0.717, 1.165) is 23.3 Å². The summed E-state index contributed by atoms with van der Waals surface area (Å²) in [7, 11) is 0. The number of benzene rings is 2. The molecule has 0 radical (unpaired) electrons. The first-order valence-corrected chi connectivity index (χ1v) is 6.61. The molecule has 1 unspecified atom stereocenters. The third-order valence-electron chi connectivity index (χ3n) is 3.02. The van der Waals surface area contributed by atoms with Crippen LogP contribution >= 0.6 is 0 Å². The Morgan fingerprint density at radius 3 is 2.65 bits per heavy atom. The van der Waals surface area contributed by atoms with E-state index in [-0.39, 0.29) is 6.61 Å². The summed E-state index contributed by atoms with van der Waals surface area (Å²) in [5, 5.41) is 18.6. The molecule has 0 aliphatic rings. The van der Waals surface area contributed by atoms with Gasteiger partial charge in [0.15, 0.2) is 0 Å². The van der Waals surface area contributed by atoms with Crippen LogP contribution in [0.2, 0.25) is 0 Å². The monoisotopic (exact) mass is 267 g/mol. The lowest BCUT2D eigenvalue weighted by Gasteiger charge is -2.13. The van der Waals surface area contributed by atoms with Crippen molar-refractivity contribution in [2.45, 2.75) is 18.9 Å². The Labute approximate surface area is 119 Å². The SMILES string of the molecule is N#CCCc1cccc(OCC(O)c2ccccc2)c1. The summed E-state index contributed by atoms with van der Waals surface area (Å²) < 4.78 is 5.61. The molecule has 2 rings (SSSR count). The summed E-state index contributed by atoms with van der Waals surface area (Å²) in [6.07, 6.45) is 0.573. The summed E-state index contributed by atoms with van der Waals surface area (Å²) in [6.45, 7) is 0.214. The second kappa shape index (κ2) is 7.32. The molecule has 102 valence electrons. The quantitative estimate of drug-likeness (QED) is 0.874. The zero-order valence-corrected chi connectivity index (χ0v) is 11.2. The van der Waals surface area contributed by atoms with Crippen LogP contribution in [0.25, 0.3) is 0 Å².